The molecule has 4 amide bonds. The Morgan fingerprint density at radius 2 is 1.89 bits per heavy atom. The number of carbonyl (C=O) groups excluding carboxylic acids is 3. The molecule has 7 nitrogen and oxygen atoms in total. The minimum atomic E-state index is -1.18. The predicted molar refractivity (Wildman–Crippen MR) is 101 cm³/mol. The zero-order valence-corrected chi connectivity index (χ0v) is 15.5. The fourth-order valence-corrected chi connectivity index (χ4v) is 3.68. The third-order valence-corrected chi connectivity index (χ3v) is 5.22. The zero-order chi connectivity index (χ0) is 19.7. The van der Waals surface area contributed by atoms with Crippen molar-refractivity contribution in [2.75, 3.05) is 13.2 Å². The summed E-state index contributed by atoms with van der Waals surface area (Å²) in [5.74, 6) is -0.0839. The van der Waals surface area contributed by atoms with Gasteiger partial charge in [0, 0.05) is 12.0 Å². The van der Waals surface area contributed by atoms with Crippen molar-refractivity contribution in [3.8, 4) is 5.75 Å². The normalized spacial score (nSPS) is 23.6. The Kier molecular flexibility index (Phi) is 4.50. The molecule has 4 rings (SSSR count). The molecular formula is C21H21N3O4. The molecule has 2 aliphatic heterocycles. The van der Waals surface area contributed by atoms with E-state index in [-0.39, 0.29) is 18.5 Å². The lowest BCUT2D eigenvalue weighted by atomic mass is 9.92. The maximum atomic E-state index is 12.9. The number of fused-ring (bicyclic) bond motifs is 1. The molecule has 1 saturated heterocycles. The molecule has 2 heterocycles. The number of carbonyl (C=O) groups is 3. The molecular weight excluding hydrogens is 358 g/mol. The van der Waals surface area contributed by atoms with Gasteiger partial charge in [0.05, 0.1) is 12.6 Å². The molecule has 28 heavy (non-hydrogen) atoms. The summed E-state index contributed by atoms with van der Waals surface area (Å²) in [5, 5.41) is 5.63. The van der Waals surface area contributed by atoms with Gasteiger partial charge in [-0.05, 0) is 18.6 Å². The fraction of sp³-hybridized carbons (Fsp3) is 0.286. The van der Waals surface area contributed by atoms with E-state index in [1.807, 2.05) is 30.3 Å². The first-order valence-corrected chi connectivity index (χ1v) is 9.20. The number of hydrogen-bond donors (Lipinski definition) is 2. The number of nitrogens with zero attached hydrogens (tertiary/aromatic N) is 1. The second kappa shape index (κ2) is 6.99. The van der Waals surface area contributed by atoms with Gasteiger partial charge in [-0.25, -0.2) is 4.79 Å². The monoisotopic (exact) mass is 379 g/mol. The Hall–Kier alpha value is -3.35. The average Bonchev–Trinajstić information content (AvgIpc) is 2.93. The van der Waals surface area contributed by atoms with Crippen molar-refractivity contribution in [3.05, 3.63) is 65.7 Å². The molecule has 0 spiro atoms. The summed E-state index contributed by atoms with van der Waals surface area (Å²) in [5.41, 5.74) is 0.396. The number of ether oxygens (including phenoxy) is 1. The summed E-state index contributed by atoms with van der Waals surface area (Å²) in [6.07, 6.45) is 0.630. The summed E-state index contributed by atoms with van der Waals surface area (Å²) in [7, 11) is 0. The number of benzene rings is 2. The summed E-state index contributed by atoms with van der Waals surface area (Å²) in [4.78, 5) is 38.9. The van der Waals surface area contributed by atoms with Crippen molar-refractivity contribution in [1.82, 2.24) is 15.5 Å². The second-order valence-corrected chi connectivity index (χ2v) is 7.11. The van der Waals surface area contributed by atoms with Gasteiger partial charge in [-0.3, -0.25) is 14.5 Å². The van der Waals surface area contributed by atoms with Crippen LogP contribution in [0.15, 0.2) is 54.6 Å². The maximum Gasteiger partial charge on any atom is 0.325 e. The third kappa shape index (κ3) is 3.09. The molecule has 2 aromatic carbocycles. The Bertz CT molecular complexity index is 930. The molecule has 7 heteroatoms. The van der Waals surface area contributed by atoms with Crippen LogP contribution < -0.4 is 15.4 Å². The van der Waals surface area contributed by atoms with Crippen LogP contribution in [0.3, 0.4) is 0 Å². The highest BCUT2D eigenvalue weighted by Gasteiger charge is 2.49. The van der Waals surface area contributed by atoms with Crippen LogP contribution >= 0.6 is 0 Å². The van der Waals surface area contributed by atoms with Crippen LogP contribution in [0.4, 0.5) is 4.79 Å². The van der Waals surface area contributed by atoms with Crippen molar-refractivity contribution in [1.29, 1.82) is 0 Å². The molecule has 0 aliphatic carbocycles. The van der Waals surface area contributed by atoms with Gasteiger partial charge < -0.3 is 15.4 Å². The van der Waals surface area contributed by atoms with Crippen molar-refractivity contribution in [2.45, 2.75) is 24.9 Å². The molecule has 2 N–H and O–H groups in total. The highest BCUT2D eigenvalue weighted by Crippen LogP contribution is 2.32. The number of para-hydroxylation sites is 1. The van der Waals surface area contributed by atoms with Gasteiger partial charge in [0.25, 0.3) is 5.91 Å². The van der Waals surface area contributed by atoms with Gasteiger partial charge >= 0.3 is 6.03 Å². The lowest BCUT2D eigenvalue weighted by Crippen LogP contribution is -2.44. The topological polar surface area (TPSA) is 87.7 Å². The lowest BCUT2D eigenvalue weighted by molar-refractivity contribution is -0.135. The smallest absolute Gasteiger partial charge is 0.325 e. The first-order chi connectivity index (χ1) is 13.5. The summed E-state index contributed by atoms with van der Waals surface area (Å²) in [6, 6.07) is 15.7. The van der Waals surface area contributed by atoms with E-state index in [9.17, 15) is 14.4 Å². The Labute approximate surface area is 162 Å². The molecule has 2 aliphatic rings. The third-order valence-electron chi connectivity index (χ3n) is 5.22. The average molecular weight is 379 g/mol. The van der Waals surface area contributed by atoms with Gasteiger partial charge in [-0.15, -0.1) is 0 Å². The summed E-state index contributed by atoms with van der Waals surface area (Å²) >= 11 is 0. The van der Waals surface area contributed by atoms with E-state index in [2.05, 4.69) is 10.6 Å². The molecule has 0 radical (unpaired) electrons. The van der Waals surface area contributed by atoms with E-state index in [1.165, 1.54) is 0 Å². The van der Waals surface area contributed by atoms with Gasteiger partial charge in [0.2, 0.25) is 5.91 Å². The van der Waals surface area contributed by atoms with Crippen LogP contribution in [-0.2, 0) is 15.1 Å². The van der Waals surface area contributed by atoms with Crippen molar-refractivity contribution >= 4 is 17.8 Å². The van der Waals surface area contributed by atoms with Gasteiger partial charge in [0.1, 0.15) is 17.8 Å². The van der Waals surface area contributed by atoms with Crippen molar-refractivity contribution < 1.29 is 19.1 Å². The standard InChI is InChI=1S/C21H21N3O4/c1-21(14-7-3-2-4-8-14)19(26)24(20(27)23-21)13-18(25)22-16-11-12-28-17-10-6-5-9-15(16)17/h2-10,16H,11-13H2,1H3,(H,22,25)(H,23,27)/t16-,21+/m0/s1. The molecule has 144 valence electrons. The van der Waals surface area contributed by atoms with Crippen LogP contribution in [0.2, 0.25) is 0 Å². The quantitative estimate of drug-likeness (QED) is 0.797. The van der Waals surface area contributed by atoms with Gasteiger partial charge in [-0.1, -0.05) is 48.5 Å². The molecule has 2 atom stereocenters. The van der Waals surface area contributed by atoms with E-state index in [1.54, 1.807) is 31.2 Å². The van der Waals surface area contributed by atoms with Gasteiger partial charge in [-0.2, -0.15) is 0 Å². The SMILES string of the molecule is C[C@]1(c2ccccc2)NC(=O)N(CC(=O)N[C@H]2CCOc3ccccc32)C1=O. The minimum absolute atomic E-state index is 0.210. The predicted octanol–water partition coefficient (Wildman–Crippen LogP) is 2.09. The number of amides is 4. The summed E-state index contributed by atoms with van der Waals surface area (Å²) < 4.78 is 5.60. The number of urea groups is 1. The highest BCUT2D eigenvalue weighted by molar-refractivity contribution is 6.09. The Morgan fingerprint density at radius 3 is 2.68 bits per heavy atom. The zero-order valence-electron chi connectivity index (χ0n) is 15.5. The number of rotatable bonds is 4. The number of hydrogen-bond acceptors (Lipinski definition) is 4. The number of nitrogens with one attached hydrogen (secondary N) is 2. The van der Waals surface area contributed by atoms with E-state index in [0.29, 0.717) is 18.6 Å². The second-order valence-electron chi connectivity index (χ2n) is 7.11. The maximum absolute atomic E-state index is 12.9. The first-order valence-electron chi connectivity index (χ1n) is 9.20. The Morgan fingerprint density at radius 1 is 1.18 bits per heavy atom. The minimum Gasteiger partial charge on any atom is -0.493 e. The lowest BCUT2D eigenvalue weighted by Gasteiger charge is -2.27. The molecule has 0 bridgehead atoms. The first kappa shape index (κ1) is 18.0. The van der Waals surface area contributed by atoms with Crippen LogP contribution in [0.25, 0.3) is 0 Å². The molecule has 0 saturated carbocycles. The van der Waals surface area contributed by atoms with Crippen LogP contribution in [0, 0.1) is 0 Å². The number of imide groups is 1. The van der Waals surface area contributed by atoms with Crippen LogP contribution in [0.5, 0.6) is 5.75 Å². The Balaban J connectivity index is 1.47. The van der Waals surface area contributed by atoms with E-state index >= 15 is 0 Å². The summed E-state index contributed by atoms with van der Waals surface area (Å²) in [6.45, 7) is 1.82. The van der Waals surface area contributed by atoms with Crippen LogP contribution in [0.1, 0.15) is 30.5 Å². The van der Waals surface area contributed by atoms with Crippen LogP contribution in [-0.4, -0.2) is 35.9 Å². The molecule has 1 fully saturated rings. The fourth-order valence-electron chi connectivity index (χ4n) is 3.68. The highest BCUT2D eigenvalue weighted by atomic mass is 16.5. The largest absolute Gasteiger partial charge is 0.493 e. The van der Waals surface area contributed by atoms with E-state index in [4.69, 9.17) is 4.74 Å². The van der Waals surface area contributed by atoms with Crippen molar-refractivity contribution in [3.63, 3.8) is 0 Å². The molecule has 0 aromatic heterocycles. The van der Waals surface area contributed by atoms with Gasteiger partial charge in [0.15, 0.2) is 0 Å². The van der Waals surface area contributed by atoms with Crippen molar-refractivity contribution in [2.24, 2.45) is 0 Å². The van der Waals surface area contributed by atoms with E-state index in [0.717, 1.165) is 16.2 Å². The van der Waals surface area contributed by atoms with E-state index < -0.39 is 17.5 Å². The molecule has 0 unspecified atom stereocenters. The molecule has 2 aromatic rings.